The van der Waals surface area contributed by atoms with Crippen LogP contribution in [0.3, 0.4) is 0 Å². The number of nitrogens with one attached hydrogen (secondary N) is 1. The fourth-order valence-corrected chi connectivity index (χ4v) is 0.999. The van der Waals surface area contributed by atoms with Crippen LogP contribution in [0.15, 0.2) is 36.9 Å². The molecule has 0 bridgehead atoms. The molecule has 0 saturated carbocycles. The van der Waals surface area contributed by atoms with E-state index in [1.54, 1.807) is 24.3 Å². The molecular weight excluding hydrogens is 194 g/mol. The van der Waals surface area contributed by atoms with E-state index in [0.717, 1.165) is 6.08 Å². The lowest BCUT2D eigenvalue weighted by molar-refractivity contribution is -0.129. The van der Waals surface area contributed by atoms with Crippen LogP contribution in [0.2, 0.25) is 0 Å². The molecule has 0 saturated heterocycles. The first-order valence-corrected chi connectivity index (χ1v) is 4.34. The monoisotopic (exact) mass is 205 g/mol. The van der Waals surface area contributed by atoms with E-state index in [9.17, 15) is 9.59 Å². The minimum Gasteiger partial charge on any atom is -0.421 e. The zero-order valence-corrected chi connectivity index (χ0v) is 8.32. The summed E-state index contributed by atoms with van der Waals surface area (Å²) >= 11 is 0. The summed E-state index contributed by atoms with van der Waals surface area (Å²) in [6, 6.07) is 6.67. The van der Waals surface area contributed by atoms with Crippen molar-refractivity contribution in [2.24, 2.45) is 0 Å². The highest BCUT2D eigenvalue weighted by atomic mass is 16.5. The lowest BCUT2D eigenvalue weighted by Gasteiger charge is -2.08. The zero-order valence-electron chi connectivity index (χ0n) is 8.32. The number of hydrogen-bond donors (Lipinski definition) is 1. The molecule has 15 heavy (non-hydrogen) atoms. The predicted octanol–water partition coefficient (Wildman–Crippen LogP) is 1.74. The van der Waals surface area contributed by atoms with Crippen molar-refractivity contribution in [3.8, 4) is 5.75 Å². The van der Waals surface area contributed by atoms with Crippen molar-refractivity contribution in [2.45, 2.75) is 6.92 Å². The Kier molecular flexibility index (Phi) is 3.62. The van der Waals surface area contributed by atoms with E-state index in [1.165, 1.54) is 6.92 Å². The molecule has 0 fully saturated rings. The molecule has 0 aromatic heterocycles. The second-order valence-corrected chi connectivity index (χ2v) is 2.80. The molecule has 1 amide bonds. The van der Waals surface area contributed by atoms with E-state index in [2.05, 4.69) is 11.9 Å². The fraction of sp³-hybridized carbons (Fsp3) is 0.0909. The number of rotatable bonds is 3. The van der Waals surface area contributed by atoms with Gasteiger partial charge in [0.1, 0.15) is 0 Å². The van der Waals surface area contributed by atoms with Crippen LogP contribution in [-0.4, -0.2) is 11.9 Å². The Balaban J connectivity index is 2.90. The molecule has 0 atom stereocenters. The van der Waals surface area contributed by atoms with Gasteiger partial charge in [0, 0.05) is 13.0 Å². The van der Waals surface area contributed by atoms with Crippen LogP contribution in [0.5, 0.6) is 5.75 Å². The van der Waals surface area contributed by atoms with Gasteiger partial charge in [0.2, 0.25) is 5.91 Å². The maximum atomic E-state index is 11.0. The lowest BCUT2D eigenvalue weighted by Crippen LogP contribution is -2.10. The standard InChI is InChI=1S/C11H11NO3/c1-3-11(14)15-10-7-5-4-6-9(10)12-8(2)13/h3-7H,1H2,2H3,(H,12,13). The smallest absolute Gasteiger partial charge is 0.335 e. The highest BCUT2D eigenvalue weighted by Gasteiger charge is 2.06. The van der Waals surface area contributed by atoms with Crippen molar-refractivity contribution in [1.29, 1.82) is 0 Å². The summed E-state index contributed by atoms with van der Waals surface area (Å²) in [6.07, 6.45) is 1.06. The van der Waals surface area contributed by atoms with Crippen molar-refractivity contribution in [3.05, 3.63) is 36.9 Å². The Morgan fingerprint density at radius 3 is 2.67 bits per heavy atom. The van der Waals surface area contributed by atoms with Gasteiger partial charge < -0.3 is 10.1 Å². The topological polar surface area (TPSA) is 55.4 Å². The largest absolute Gasteiger partial charge is 0.421 e. The summed E-state index contributed by atoms with van der Waals surface area (Å²) in [7, 11) is 0. The minimum atomic E-state index is -0.562. The van der Waals surface area contributed by atoms with Crippen LogP contribution in [0.25, 0.3) is 0 Å². The maximum Gasteiger partial charge on any atom is 0.335 e. The van der Waals surface area contributed by atoms with Crippen LogP contribution in [-0.2, 0) is 9.59 Å². The highest BCUT2D eigenvalue weighted by molar-refractivity contribution is 5.92. The number of carbonyl (C=O) groups excluding carboxylic acids is 2. The van der Waals surface area contributed by atoms with E-state index >= 15 is 0 Å². The quantitative estimate of drug-likeness (QED) is 0.464. The molecule has 0 aliphatic carbocycles. The number of esters is 1. The molecule has 1 N–H and O–H groups in total. The second-order valence-electron chi connectivity index (χ2n) is 2.80. The van der Waals surface area contributed by atoms with Crippen molar-refractivity contribution < 1.29 is 14.3 Å². The first-order chi connectivity index (χ1) is 7.13. The molecule has 0 radical (unpaired) electrons. The Morgan fingerprint density at radius 2 is 2.07 bits per heavy atom. The average Bonchev–Trinajstić information content (AvgIpc) is 2.20. The zero-order chi connectivity index (χ0) is 11.3. The summed E-state index contributed by atoms with van der Waals surface area (Å²) in [6.45, 7) is 4.67. The van der Waals surface area contributed by atoms with Gasteiger partial charge in [-0.05, 0) is 12.1 Å². The van der Waals surface area contributed by atoms with Crippen molar-refractivity contribution in [1.82, 2.24) is 0 Å². The predicted molar refractivity (Wildman–Crippen MR) is 56.6 cm³/mol. The highest BCUT2D eigenvalue weighted by Crippen LogP contribution is 2.23. The van der Waals surface area contributed by atoms with E-state index in [1.807, 2.05) is 0 Å². The molecule has 1 aromatic rings. The van der Waals surface area contributed by atoms with Gasteiger partial charge in [-0.3, -0.25) is 4.79 Å². The van der Waals surface area contributed by atoms with Gasteiger partial charge in [0.15, 0.2) is 5.75 Å². The number of carbonyl (C=O) groups is 2. The SMILES string of the molecule is C=CC(=O)Oc1ccccc1NC(C)=O. The van der Waals surface area contributed by atoms with Gasteiger partial charge in [-0.15, -0.1) is 0 Å². The van der Waals surface area contributed by atoms with Crippen molar-refractivity contribution >= 4 is 17.6 Å². The average molecular weight is 205 g/mol. The van der Waals surface area contributed by atoms with Gasteiger partial charge in [-0.25, -0.2) is 4.79 Å². The number of anilines is 1. The van der Waals surface area contributed by atoms with Crippen molar-refractivity contribution in [2.75, 3.05) is 5.32 Å². The molecule has 1 aromatic carbocycles. The molecule has 1 rings (SSSR count). The molecule has 78 valence electrons. The third-order valence-electron chi connectivity index (χ3n) is 1.57. The minimum absolute atomic E-state index is 0.225. The first kappa shape index (κ1) is 11.0. The lowest BCUT2D eigenvalue weighted by atomic mass is 10.3. The summed E-state index contributed by atoms with van der Waals surface area (Å²) in [5.41, 5.74) is 0.459. The fourth-order valence-electron chi connectivity index (χ4n) is 0.999. The number of amides is 1. The molecule has 0 unspecified atom stereocenters. The maximum absolute atomic E-state index is 11.0. The van der Waals surface area contributed by atoms with Crippen LogP contribution in [0.1, 0.15) is 6.92 Å². The summed E-state index contributed by atoms with van der Waals surface area (Å²) in [5.74, 6) is -0.484. The summed E-state index contributed by atoms with van der Waals surface area (Å²) in [4.78, 5) is 21.8. The molecule has 4 nitrogen and oxygen atoms in total. The number of hydrogen-bond acceptors (Lipinski definition) is 3. The van der Waals surface area contributed by atoms with E-state index in [4.69, 9.17) is 4.74 Å². The summed E-state index contributed by atoms with van der Waals surface area (Å²) < 4.78 is 4.92. The third kappa shape index (κ3) is 3.27. The number of benzene rings is 1. The van der Waals surface area contributed by atoms with Gasteiger partial charge in [0.05, 0.1) is 5.69 Å². The Bertz CT molecular complexity index is 399. The van der Waals surface area contributed by atoms with Gasteiger partial charge in [-0.2, -0.15) is 0 Å². The molecule has 0 aliphatic rings. The Hall–Kier alpha value is -2.10. The normalized spacial score (nSPS) is 9.13. The van der Waals surface area contributed by atoms with E-state index < -0.39 is 5.97 Å². The van der Waals surface area contributed by atoms with Gasteiger partial charge >= 0.3 is 5.97 Å². The molecule has 0 aliphatic heterocycles. The number of ether oxygens (including phenoxy) is 1. The van der Waals surface area contributed by atoms with Crippen molar-refractivity contribution in [3.63, 3.8) is 0 Å². The molecule has 0 heterocycles. The third-order valence-corrected chi connectivity index (χ3v) is 1.57. The summed E-state index contributed by atoms with van der Waals surface area (Å²) in [5, 5.41) is 2.55. The molecule has 4 heteroatoms. The van der Waals surface area contributed by atoms with Gasteiger partial charge in [-0.1, -0.05) is 18.7 Å². The Labute approximate surface area is 87.6 Å². The number of para-hydroxylation sites is 2. The Morgan fingerprint density at radius 1 is 1.40 bits per heavy atom. The van der Waals surface area contributed by atoms with E-state index in [-0.39, 0.29) is 5.91 Å². The second kappa shape index (κ2) is 4.95. The van der Waals surface area contributed by atoms with Gasteiger partial charge in [0.25, 0.3) is 0 Å². The van der Waals surface area contributed by atoms with Crippen LogP contribution in [0.4, 0.5) is 5.69 Å². The van der Waals surface area contributed by atoms with E-state index in [0.29, 0.717) is 11.4 Å². The molecule has 0 spiro atoms. The van der Waals surface area contributed by atoms with Crippen LogP contribution >= 0.6 is 0 Å². The first-order valence-electron chi connectivity index (χ1n) is 4.34. The van der Waals surface area contributed by atoms with Crippen LogP contribution in [0, 0.1) is 0 Å². The molecular formula is C11H11NO3. The van der Waals surface area contributed by atoms with Crippen LogP contribution < -0.4 is 10.1 Å².